The highest BCUT2D eigenvalue weighted by atomic mass is 32.2. The molecule has 1 aromatic heterocycles. The van der Waals surface area contributed by atoms with Gasteiger partial charge in [0.15, 0.2) is 4.34 Å². The lowest BCUT2D eigenvalue weighted by atomic mass is 10.0. The zero-order valence-electron chi connectivity index (χ0n) is 9.78. The van der Waals surface area contributed by atoms with Gasteiger partial charge in [0.25, 0.3) is 0 Å². The Labute approximate surface area is 114 Å². The fraction of sp³-hybridized carbons (Fsp3) is 0.250. The van der Waals surface area contributed by atoms with Crippen molar-refractivity contribution < 1.29 is 9.53 Å². The number of ether oxygens (including phenoxy) is 1. The number of carbonyl (C=O) groups excluding carboxylic acids is 1. The number of hydrogen-bond acceptors (Lipinski definition) is 6. The van der Waals surface area contributed by atoms with Gasteiger partial charge in [-0.15, -0.1) is 0 Å². The smallest absolute Gasteiger partial charge is 0.313 e. The molecule has 4 nitrogen and oxygen atoms in total. The van der Waals surface area contributed by atoms with Crippen LogP contribution in [0.1, 0.15) is 11.5 Å². The second kappa shape index (κ2) is 6.51. The molecule has 2 rings (SSSR count). The molecule has 0 saturated heterocycles. The Balaban J connectivity index is 2.09. The van der Waals surface area contributed by atoms with E-state index < -0.39 is 0 Å². The van der Waals surface area contributed by atoms with Crippen LogP contribution in [0.15, 0.2) is 41.0 Å². The van der Waals surface area contributed by atoms with Crippen molar-refractivity contribution in [1.82, 2.24) is 9.36 Å². The number of methoxy groups -OCH3 is 1. The molecule has 6 heteroatoms. The standard InChI is InChI=1S/C12H12N2O2S2/c1-16-11(15)10(9-5-3-2-4-6-9)7-17-12-13-8-14-18-12/h2-6,8,10H,7H2,1H3. The van der Waals surface area contributed by atoms with Crippen molar-refractivity contribution in [1.29, 1.82) is 0 Å². The molecule has 0 bridgehead atoms. The third-order valence-electron chi connectivity index (χ3n) is 2.40. The number of rotatable bonds is 5. The van der Waals surface area contributed by atoms with Crippen LogP contribution >= 0.6 is 23.3 Å². The maximum atomic E-state index is 11.8. The van der Waals surface area contributed by atoms with Gasteiger partial charge < -0.3 is 4.74 Å². The maximum absolute atomic E-state index is 11.8. The highest BCUT2D eigenvalue weighted by molar-refractivity contribution is 8.01. The van der Waals surface area contributed by atoms with Crippen LogP contribution in [0.4, 0.5) is 0 Å². The first-order chi connectivity index (χ1) is 8.81. The van der Waals surface area contributed by atoms with E-state index in [1.165, 1.54) is 36.7 Å². The Morgan fingerprint density at radius 3 is 2.83 bits per heavy atom. The summed E-state index contributed by atoms with van der Waals surface area (Å²) >= 11 is 2.85. The summed E-state index contributed by atoms with van der Waals surface area (Å²) in [6.07, 6.45) is 1.52. The summed E-state index contributed by atoms with van der Waals surface area (Å²) in [6.45, 7) is 0. The van der Waals surface area contributed by atoms with Gasteiger partial charge in [0.2, 0.25) is 0 Å². The van der Waals surface area contributed by atoms with Gasteiger partial charge in [0.05, 0.1) is 13.0 Å². The molecule has 0 amide bonds. The van der Waals surface area contributed by atoms with Gasteiger partial charge in [-0.1, -0.05) is 42.1 Å². The normalized spacial score (nSPS) is 12.1. The largest absolute Gasteiger partial charge is 0.469 e. The average Bonchev–Trinajstić information content (AvgIpc) is 2.93. The van der Waals surface area contributed by atoms with Gasteiger partial charge in [-0.2, -0.15) is 4.37 Å². The highest BCUT2D eigenvalue weighted by Crippen LogP contribution is 2.27. The molecule has 1 unspecified atom stereocenters. The Hall–Kier alpha value is -1.40. The summed E-state index contributed by atoms with van der Waals surface area (Å²) in [5.74, 6) is 0.106. The summed E-state index contributed by atoms with van der Waals surface area (Å²) in [6, 6.07) is 9.63. The molecule has 0 aliphatic heterocycles. The van der Waals surface area contributed by atoms with Gasteiger partial charge in [0.1, 0.15) is 6.33 Å². The van der Waals surface area contributed by atoms with E-state index in [1.54, 1.807) is 0 Å². The lowest BCUT2D eigenvalue weighted by molar-refractivity contribution is -0.141. The molecule has 0 fully saturated rings. The zero-order valence-corrected chi connectivity index (χ0v) is 11.4. The molecule has 0 aliphatic carbocycles. The molecule has 0 N–H and O–H groups in total. The Bertz CT molecular complexity index is 488. The van der Waals surface area contributed by atoms with Crippen LogP contribution in [0.5, 0.6) is 0 Å². The van der Waals surface area contributed by atoms with E-state index in [9.17, 15) is 4.79 Å². The van der Waals surface area contributed by atoms with Crippen LogP contribution in [0.25, 0.3) is 0 Å². The molecule has 0 aliphatic rings. The minimum atomic E-state index is -0.273. The number of hydrogen-bond donors (Lipinski definition) is 0. The van der Waals surface area contributed by atoms with E-state index in [2.05, 4.69) is 9.36 Å². The Morgan fingerprint density at radius 1 is 1.44 bits per heavy atom. The van der Waals surface area contributed by atoms with Gasteiger partial charge >= 0.3 is 5.97 Å². The molecule has 0 radical (unpaired) electrons. The summed E-state index contributed by atoms with van der Waals surface area (Å²) in [5.41, 5.74) is 0.960. The van der Waals surface area contributed by atoms with E-state index in [0.717, 1.165) is 9.90 Å². The molecular weight excluding hydrogens is 268 g/mol. The van der Waals surface area contributed by atoms with E-state index in [-0.39, 0.29) is 11.9 Å². The fourth-order valence-electron chi connectivity index (χ4n) is 1.51. The number of esters is 1. The molecule has 18 heavy (non-hydrogen) atoms. The third kappa shape index (κ3) is 3.30. The molecule has 1 aromatic carbocycles. The summed E-state index contributed by atoms with van der Waals surface area (Å²) in [7, 11) is 1.41. The average molecular weight is 280 g/mol. The van der Waals surface area contributed by atoms with Crippen LogP contribution in [-0.2, 0) is 9.53 Å². The van der Waals surface area contributed by atoms with Crippen LogP contribution in [0.3, 0.4) is 0 Å². The number of benzene rings is 1. The molecular formula is C12H12N2O2S2. The van der Waals surface area contributed by atoms with Crippen LogP contribution in [-0.4, -0.2) is 28.2 Å². The van der Waals surface area contributed by atoms with Crippen LogP contribution in [0, 0.1) is 0 Å². The SMILES string of the molecule is COC(=O)C(CSc1ncns1)c1ccccc1. The second-order valence-corrected chi connectivity index (χ2v) is 5.55. The van der Waals surface area contributed by atoms with Crippen molar-refractivity contribution >= 4 is 29.3 Å². The van der Waals surface area contributed by atoms with Crippen molar-refractivity contribution in [3.05, 3.63) is 42.2 Å². The fourth-order valence-corrected chi connectivity index (χ4v) is 3.09. The summed E-state index contributed by atoms with van der Waals surface area (Å²) in [4.78, 5) is 15.9. The van der Waals surface area contributed by atoms with E-state index in [4.69, 9.17) is 4.74 Å². The molecule has 94 valence electrons. The lowest BCUT2D eigenvalue weighted by Crippen LogP contribution is -2.16. The summed E-state index contributed by atoms with van der Waals surface area (Å²) in [5, 5.41) is 0. The van der Waals surface area contributed by atoms with Crippen LogP contribution in [0.2, 0.25) is 0 Å². The molecule has 0 saturated carbocycles. The monoisotopic (exact) mass is 280 g/mol. The van der Waals surface area contributed by atoms with Crippen molar-refractivity contribution in [3.8, 4) is 0 Å². The first-order valence-electron chi connectivity index (χ1n) is 5.33. The second-order valence-electron chi connectivity index (χ2n) is 3.50. The van der Waals surface area contributed by atoms with Gasteiger partial charge in [0, 0.05) is 5.75 Å². The quantitative estimate of drug-likeness (QED) is 0.622. The summed E-state index contributed by atoms with van der Waals surface area (Å²) < 4.78 is 9.64. The predicted octanol–water partition coefficient (Wildman–Crippen LogP) is 2.59. The number of aromatic nitrogens is 2. The van der Waals surface area contributed by atoms with E-state index in [0.29, 0.717) is 5.75 Å². The Kier molecular flexibility index (Phi) is 4.72. The maximum Gasteiger partial charge on any atom is 0.313 e. The van der Waals surface area contributed by atoms with Crippen molar-refractivity contribution in [2.45, 2.75) is 10.3 Å². The van der Waals surface area contributed by atoms with Crippen molar-refractivity contribution in [2.75, 3.05) is 12.9 Å². The third-order valence-corrected chi connectivity index (χ3v) is 4.29. The molecule has 2 aromatic rings. The highest BCUT2D eigenvalue weighted by Gasteiger charge is 2.21. The molecule has 1 heterocycles. The number of thioether (sulfide) groups is 1. The number of nitrogens with zero attached hydrogens (tertiary/aromatic N) is 2. The van der Waals surface area contributed by atoms with Crippen LogP contribution < -0.4 is 0 Å². The topological polar surface area (TPSA) is 52.1 Å². The van der Waals surface area contributed by atoms with E-state index in [1.807, 2.05) is 30.3 Å². The molecule has 1 atom stereocenters. The molecule has 0 spiro atoms. The van der Waals surface area contributed by atoms with E-state index >= 15 is 0 Å². The van der Waals surface area contributed by atoms with Gasteiger partial charge in [-0.3, -0.25) is 4.79 Å². The first kappa shape index (κ1) is 13.0. The van der Waals surface area contributed by atoms with Crippen molar-refractivity contribution in [2.24, 2.45) is 0 Å². The minimum absolute atomic E-state index is 0.224. The number of carbonyl (C=O) groups is 1. The lowest BCUT2D eigenvalue weighted by Gasteiger charge is -2.13. The minimum Gasteiger partial charge on any atom is -0.469 e. The van der Waals surface area contributed by atoms with Crippen molar-refractivity contribution in [3.63, 3.8) is 0 Å². The van der Waals surface area contributed by atoms with Gasteiger partial charge in [-0.05, 0) is 17.1 Å². The Morgan fingerprint density at radius 2 is 2.22 bits per heavy atom. The van der Waals surface area contributed by atoms with Gasteiger partial charge in [-0.25, -0.2) is 4.98 Å². The first-order valence-corrected chi connectivity index (χ1v) is 7.09. The zero-order chi connectivity index (χ0) is 12.8. The predicted molar refractivity (Wildman–Crippen MR) is 71.8 cm³/mol.